The molecule has 0 amide bonds. The predicted octanol–water partition coefficient (Wildman–Crippen LogP) is 3.33. The Hall–Kier alpha value is -0.650. The second kappa shape index (κ2) is 4.31. The molecule has 0 heterocycles. The molecule has 1 fully saturated rings. The first-order valence-corrected chi connectivity index (χ1v) is 6.77. The van der Waals surface area contributed by atoms with Crippen LogP contribution in [0.1, 0.15) is 49.3 Å². The third-order valence-electron chi connectivity index (χ3n) is 3.86. The van der Waals surface area contributed by atoms with Crippen LogP contribution in [0.5, 0.6) is 0 Å². The smallest absolute Gasteiger partial charge is 0.0372 e. The van der Waals surface area contributed by atoms with E-state index in [4.69, 9.17) is 0 Å². The van der Waals surface area contributed by atoms with Gasteiger partial charge in [0.05, 0.1) is 0 Å². The number of hydrogen-bond donors (Lipinski definition) is 1. The first-order chi connectivity index (χ1) is 7.84. The van der Waals surface area contributed by atoms with E-state index < -0.39 is 0 Å². The lowest BCUT2D eigenvalue weighted by Crippen LogP contribution is -2.29. The summed E-state index contributed by atoms with van der Waals surface area (Å²) in [6.07, 6.45) is 6.63. The molecule has 0 aliphatic heterocycles. The highest BCUT2D eigenvalue weighted by Gasteiger charge is 2.27. The first kappa shape index (κ1) is 10.5. The summed E-state index contributed by atoms with van der Waals surface area (Å²) in [5.41, 5.74) is 2.87. The fourth-order valence-corrected chi connectivity index (χ4v) is 3.46. The van der Waals surface area contributed by atoms with Crippen molar-refractivity contribution in [3.05, 3.63) is 35.4 Å². The molecule has 2 heteroatoms. The van der Waals surface area contributed by atoms with Gasteiger partial charge in [-0.3, -0.25) is 0 Å². The van der Waals surface area contributed by atoms with Crippen molar-refractivity contribution in [3.8, 4) is 0 Å². The highest BCUT2D eigenvalue weighted by atomic mass is 31.0. The van der Waals surface area contributed by atoms with E-state index in [1.807, 2.05) is 0 Å². The van der Waals surface area contributed by atoms with Gasteiger partial charge >= 0.3 is 0 Å². The van der Waals surface area contributed by atoms with Crippen LogP contribution in [0.2, 0.25) is 0 Å². The van der Waals surface area contributed by atoms with E-state index in [9.17, 15) is 0 Å². The van der Waals surface area contributed by atoms with E-state index in [2.05, 4.69) is 38.4 Å². The van der Waals surface area contributed by atoms with Crippen LogP contribution in [0, 0.1) is 0 Å². The topological polar surface area (TPSA) is 12.0 Å². The zero-order valence-corrected chi connectivity index (χ0v) is 10.5. The Morgan fingerprint density at radius 3 is 2.69 bits per heavy atom. The van der Waals surface area contributed by atoms with Crippen molar-refractivity contribution >= 4 is 14.2 Å². The number of benzene rings is 1. The average molecular weight is 231 g/mol. The molecule has 1 atom stereocenters. The van der Waals surface area contributed by atoms with Gasteiger partial charge in [0.25, 0.3) is 0 Å². The van der Waals surface area contributed by atoms with E-state index in [0.29, 0.717) is 6.04 Å². The molecule has 3 rings (SSSR count). The summed E-state index contributed by atoms with van der Waals surface area (Å²) in [5, 5.41) is 5.17. The van der Waals surface area contributed by atoms with E-state index in [-0.39, 0.29) is 0 Å². The summed E-state index contributed by atoms with van der Waals surface area (Å²) in [5.74, 6) is 0. The number of rotatable bonds is 2. The molecule has 2 aliphatic carbocycles. The van der Waals surface area contributed by atoms with Gasteiger partial charge in [-0.15, -0.1) is 8.86 Å². The number of fused-ring (bicyclic) bond motifs is 1. The van der Waals surface area contributed by atoms with Gasteiger partial charge in [0.15, 0.2) is 0 Å². The van der Waals surface area contributed by atoms with Gasteiger partial charge in [-0.25, -0.2) is 0 Å². The van der Waals surface area contributed by atoms with Crippen molar-refractivity contribution in [2.45, 2.75) is 44.2 Å². The summed E-state index contributed by atoms with van der Waals surface area (Å²) in [4.78, 5) is 0. The van der Waals surface area contributed by atoms with Crippen LogP contribution in [-0.4, -0.2) is 11.3 Å². The maximum absolute atomic E-state index is 3.81. The minimum atomic E-state index is 0.534. The maximum Gasteiger partial charge on any atom is 0.0372 e. The highest BCUT2D eigenvalue weighted by Crippen LogP contribution is 2.33. The van der Waals surface area contributed by atoms with Crippen molar-refractivity contribution in [3.63, 3.8) is 0 Å². The Bertz CT molecular complexity index is 407. The molecule has 1 nitrogen and oxygen atoms in total. The summed E-state index contributed by atoms with van der Waals surface area (Å²) < 4.78 is 0. The molecular weight excluding hydrogens is 213 g/mol. The van der Waals surface area contributed by atoms with Gasteiger partial charge in [0.1, 0.15) is 0 Å². The van der Waals surface area contributed by atoms with Gasteiger partial charge in [-0.2, -0.15) is 0 Å². The summed E-state index contributed by atoms with van der Waals surface area (Å²) in [7, 11) is 3.76. The molecular formula is C14H18NP. The number of nitrogens with one attached hydrogen (secondary N) is 1. The van der Waals surface area contributed by atoms with E-state index in [1.54, 1.807) is 0 Å². The molecule has 0 saturated heterocycles. The molecule has 0 bridgehead atoms. The van der Waals surface area contributed by atoms with E-state index in [1.165, 1.54) is 42.1 Å². The molecule has 1 N–H and O–H groups in total. The normalized spacial score (nSPS) is 25.0. The molecule has 0 radical (unpaired) electrons. The molecule has 84 valence electrons. The lowest BCUT2D eigenvalue weighted by Gasteiger charge is -2.19. The van der Waals surface area contributed by atoms with Gasteiger partial charge < -0.3 is 5.32 Å². The molecule has 0 spiro atoms. The van der Waals surface area contributed by atoms with Crippen molar-refractivity contribution in [1.29, 1.82) is 0 Å². The van der Waals surface area contributed by atoms with Crippen LogP contribution < -0.4 is 5.32 Å². The monoisotopic (exact) mass is 231 g/mol. The average Bonchev–Trinajstić information content (AvgIpc) is 2.90. The minimum absolute atomic E-state index is 0.534. The summed E-state index contributed by atoms with van der Waals surface area (Å²) >= 11 is 0. The SMILES string of the molecule is P=C1CC(NC2CCCC2)c2ccccc21. The third kappa shape index (κ3) is 1.83. The zero-order chi connectivity index (χ0) is 11.0. The van der Waals surface area contributed by atoms with Gasteiger partial charge in [-0.1, -0.05) is 37.1 Å². The Morgan fingerprint density at radius 1 is 1.12 bits per heavy atom. The number of hydrogen-bond acceptors (Lipinski definition) is 1. The van der Waals surface area contributed by atoms with E-state index in [0.717, 1.165) is 12.5 Å². The Kier molecular flexibility index (Phi) is 2.83. The van der Waals surface area contributed by atoms with Crippen LogP contribution in [0.3, 0.4) is 0 Å². The fourth-order valence-electron chi connectivity index (χ4n) is 3.03. The predicted molar refractivity (Wildman–Crippen MR) is 71.6 cm³/mol. The first-order valence-electron chi connectivity index (χ1n) is 6.27. The van der Waals surface area contributed by atoms with Gasteiger partial charge in [0, 0.05) is 12.1 Å². The largest absolute Gasteiger partial charge is 0.307 e. The third-order valence-corrected chi connectivity index (χ3v) is 4.34. The maximum atomic E-state index is 3.81. The molecule has 1 aromatic carbocycles. The van der Waals surface area contributed by atoms with Crippen LogP contribution in [0.15, 0.2) is 24.3 Å². The van der Waals surface area contributed by atoms with Crippen molar-refractivity contribution in [2.75, 3.05) is 0 Å². The van der Waals surface area contributed by atoms with Crippen molar-refractivity contribution < 1.29 is 0 Å². The van der Waals surface area contributed by atoms with Crippen LogP contribution in [-0.2, 0) is 0 Å². The van der Waals surface area contributed by atoms with Gasteiger partial charge in [-0.05, 0) is 35.7 Å². The van der Waals surface area contributed by atoms with Crippen LogP contribution in [0.25, 0.3) is 0 Å². The minimum Gasteiger partial charge on any atom is -0.307 e. The van der Waals surface area contributed by atoms with E-state index >= 15 is 0 Å². The van der Waals surface area contributed by atoms with Crippen LogP contribution >= 0.6 is 8.86 Å². The second-order valence-electron chi connectivity index (χ2n) is 4.97. The van der Waals surface area contributed by atoms with Crippen LogP contribution in [0.4, 0.5) is 0 Å². The van der Waals surface area contributed by atoms with Gasteiger partial charge in [0.2, 0.25) is 0 Å². The molecule has 1 saturated carbocycles. The zero-order valence-electron chi connectivity index (χ0n) is 9.50. The summed E-state index contributed by atoms with van der Waals surface area (Å²) in [6, 6.07) is 10.0. The highest BCUT2D eigenvalue weighted by molar-refractivity contribution is 7.22. The Labute approximate surface area is 99.5 Å². The fraction of sp³-hybridized carbons (Fsp3) is 0.500. The Balaban J connectivity index is 1.80. The van der Waals surface area contributed by atoms with Crippen molar-refractivity contribution in [2.24, 2.45) is 0 Å². The lowest BCUT2D eigenvalue weighted by molar-refractivity contribution is 0.454. The van der Waals surface area contributed by atoms with Crippen molar-refractivity contribution in [1.82, 2.24) is 5.32 Å². The quantitative estimate of drug-likeness (QED) is 0.770. The standard InChI is InChI=1S/C14H18NP/c16-14-9-13(15-10-5-1-2-6-10)11-7-3-4-8-12(11)14/h3-4,7-8,10,13,15-16H,1-2,5-6,9H2. The second-order valence-corrected chi connectivity index (χ2v) is 5.57. The molecule has 1 aromatic rings. The molecule has 16 heavy (non-hydrogen) atoms. The summed E-state index contributed by atoms with van der Waals surface area (Å²) in [6.45, 7) is 0. The lowest BCUT2D eigenvalue weighted by atomic mass is 10.1. The Morgan fingerprint density at radius 2 is 1.88 bits per heavy atom. The molecule has 0 aromatic heterocycles. The molecule has 1 unspecified atom stereocenters. The molecule has 2 aliphatic rings.